The highest BCUT2D eigenvalue weighted by Gasteiger charge is 2.53. The molecule has 0 spiro atoms. The van der Waals surface area contributed by atoms with Gasteiger partial charge in [0.1, 0.15) is 17.1 Å². The van der Waals surface area contributed by atoms with Gasteiger partial charge in [-0.25, -0.2) is 4.79 Å². The van der Waals surface area contributed by atoms with Crippen LogP contribution in [0.25, 0.3) is 0 Å². The number of hydrogen-bond acceptors (Lipinski definition) is 8. The maximum absolute atomic E-state index is 12.3. The minimum Gasteiger partial charge on any atom is -0.477 e. The number of carboxylic acids is 1. The number of aryl methyl sites for hydroxylation is 1. The third-order valence-electron chi connectivity index (χ3n) is 3.51. The first-order valence-electron chi connectivity index (χ1n) is 6.68. The number of carbonyl (C=O) groups is 3. The molecule has 1 fully saturated rings. The van der Waals surface area contributed by atoms with Gasteiger partial charge in [-0.05, 0) is 25.6 Å². The number of rotatable bonds is 3. The highest BCUT2D eigenvalue weighted by Crippen LogP contribution is 2.47. The second-order valence-corrected chi connectivity index (χ2v) is 7.62. The lowest BCUT2D eigenvalue weighted by molar-refractivity contribution is -0.147. The quantitative estimate of drug-likeness (QED) is 0.756. The van der Waals surface area contributed by atoms with Crippen molar-refractivity contribution in [1.29, 1.82) is 0 Å². The lowest BCUT2D eigenvalue weighted by Gasteiger charge is -2.49. The van der Waals surface area contributed by atoms with E-state index < -0.39 is 28.4 Å². The highest BCUT2D eigenvalue weighted by atomic mass is 32.2. The summed E-state index contributed by atoms with van der Waals surface area (Å²) in [4.78, 5) is 37.2. The Bertz CT molecular complexity index is 744. The molecule has 3 rings (SSSR count). The Morgan fingerprint density at radius 3 is 2.78 bits per heavy atom. The van der Waals surface area contributed by atoms with Crippen LogP contribution in [0.15, 0.2) is 21.2 Å². The molecule has 8 nitrogen and oxygen atoms in total. The molecule has 1 aromatic rings. The van der Waals surface area contributed by atoms with Crippen molar-refractivity contribution in [3.8, 4) is 0 Å². The van der Waals surface area contributed by atoms with Gasteiger partial charge in [0.25, 0.3) is 5.12 Å². The Labute approximate surface area is 139 Å². The van der Waals surface area contributed by atoms with Gasteiger partial charge >= 0.3 is 5.97 Å². The molecule has 1 saturated heterocycles. The van der Waals surface area contributed by atoms with E-state index in [1.165, 1.54) is 17.8 Å². The van der Waals surface area contributed by atoms with Crippen LogP contribution in [-0.2, 0) is 9.59 Å². The summed E-state index contributed by atoms with van der Waals surface area (Å²) in [5.74, 6) is -1.67. The molecule has 23 heavy (non-hydrogen) atoms. The standard InChI is InChI=1S/C13H13N3O5S2/c1-4-3-6(21-15-4)13(20)23-9-5(2)22-11-7(14)10(17)16(11)8(9)12(18)19/h3,5,7,11H,14H2,1-2H3,(H,18,19)/t5?,7?,11-/m1/s1. The fourth-order valence-corrected chi connectivity index (χ4v) is 4.83. The van der Waals surface area contributed by atoms with Gasteiger partial charge in [-0.3, -0.25) is 14.5 Å². The predicted octanol–water partition coefficient (Wildman–Crippen LogP) is 0.784. The lowest BCUT2D eigenvalue weighted by atomic mass is 10.1. The molecule has 3 heterocycles. The van der Waals surface area contributed by atoms with Gasteiger partial charge in [-0.15, -0.1) is 11.8 Å². The summed E-state index contributed by atoms with van der Waals surface area (Å²) in [6.45, 7) is 3.46. The molecule has 2 aliphatic heterocycles. The van der Waals surface area contributed by atoms with Crippen molar-refractivity contribution in [2.24, 2.45) is 5.73 Å². The summed E-state index contributed by atoms with van der Waals surface area (Å²) >= 11 is 2.10. The van der Waals surface area contributed by atoms with Gasteiger partial charge in [0.15, 0.2) is 0 Å². The molecule has 0 bridgehead atoms. The van der Waals surface area contributed by atoms with Gasteiger partial charge < -0.3 is 15.4 Å². The van der Waals surface area contributed by atoms with E-state index in [1.807, 2.05) is 0 Å². The Morgan fingerprint density at radius 2 is 2.22 bits per heavy atom. The average molecular weight is 355 g/mol. The van der Waals surface area contributed by atoms with Crippen LogP contribution in [-0.4, -0.2) is 48.8 Å². The third-order valence-corrected chi connectivity index (χ3v) is 6.24. The molecule has 3 N–H and O–H groups in total. The Balaban J connectivity index is 1.95. The van der Waals surface area contributed by atoms with E-state index in [-0.39, 0.29) is 16.7 Å². The van der Waals surface area contributed by atoms with Gasteiger partial charge in [-0.1, -0.05) is 5.16 Å². The molecule has 0 aromatic carbocycles. The Hall–Kier alpha value is -1.78. The lowest BCUT2D eigenvalue weighted by Crippen LogP contribution is -2.68. The van der Waals surface area contributed by atoms with E-state index in [1.54, 1.807) is 13.8 Å². The smallest absolute Gasteiger partial charge is 0.353 e. The van der Waals surface area contributed by atoms with Gasteiger partial charge in [0.2, 0.25) is 11.7 Å². The van der Waals surface area contributed by atoms with E-state index in [4.69, 9.17) is 10.3 Å². The average Bonchev–Trinajstić information content (AvgIpc) is 2.94. The second kappa shape index (κ2) is 5.69. The molecule has 2 unspecified atom stereocenters. The number of thioether (sulfide) groups is 2. The molecule has 0 aliphatic carbocycles. The predicted molar refractivity (Wildman–Crippen MR) is 83.5 cm³/mol. The summed E-state index contributed by atoms with van der Waals surface area (Å²) < 4.78 is 4.90. The van der Waals surface area contributed by atoms with Crippen LogP contribution in [0.4, 0.5) is 0 Å². The second-order valence-electron chi connectivity index (χ2n) is 5.14. The topological polar surface area (TPSA) is 127 Å². The molecule has 0 radical (unpaired) electrons. The number of nitrogens with zero attached hydrogens (tertiary/aromatic N) is 2. The maximum atomic E-state index is 12.3. The van der Waals surface area contributed by atoms with Crippen LogP contribution in [0, 0.1) is 6.92 Å². The monoisotopic (exact) mass is 355 g/mol. The van der Waals surface area contributed by atoms with Gasteiger partial charge in [0, 0.05) is 16.2 Å². The molecule has 1 aromatic heterocycles. The number of hydrogen-bond donors (Lipinski definition) is 2. The SMILES string of the molecule is Cc1cc(C(=O)SC2=C(C(=O)O)N3C(=O)C(N)[C@H]3SC2C)on1. The molecular weight excluding hydrogens is 342 g/mol. The van der Waals surface area contributed by atoms with Crippen molar-refractivity contribution in [1.82, 2.24) is 10.1 Å². The molecule has 0 saturated carbocycles. The van der Waals surface area contributed by atoms with E-state index in [9.17, 15) is 19.5 Å². The minimum atomic E-state index is -1.26. The number of amides is 1. The Morgan fingerprint density at radius 1 is 1.52 bits per heavy atom. The third kappa shape index (κ3) is 2.56. The Kier molecular flexibility index (Phi) is 3.98. The summed E-state index contributed by atoms with van der Waals surface area (Å²) in [5, 5.41) is 12.0. The molecule has 1 amide bonds. The van der Waals surface area contributed by atoms with Gasteiger partial charge in [0.05, 0.1) is 5.69 Å². The van der Waals surface area contributed by atoms with Crippen molar-refractivity contribution < 1.29 is 24.0 Å². The van der Waals surface area contributed by atoms with Crippen LogP contribution in [0.5, 0.6) is 0 Å². The van der Waals surface area contributed by atoms with Crippen LogP contribution in [0.1, 0.15) is 23.2 Å². The largest absolute Gasteiger partial charge is 0.477 e. The van der Waals surface area contributed by atoms with E-state index in [0.29, 0.717) is 10.6 Å². The minimum absolute atomic E-state index is 0.0377. The highest BCUT2D eigenvalue weighted by molar-refractivity contribution is 8.18. The number of aliphatic carboxylic acids is 1. The van der Waals surface area contributed by atoms with Crippen LogP contribution < -0.4 is 5.73 Å². The fourth-order valence-electron chi connectivity index (χ4n) is 2.40. The number of carboxylic acid groups (broad SMARTS) is 1. The first-order chi connectivity index (χ1) is 10.8. The van der Waals surface area contributed by atoms with E-state index in [0.717, 1.165) is 16.7 Å². The summed E-state index contributed by atoms with van der Waals surface area (Å²) in [6.07, 6.45) is 0. The van der Waals surface area contributed by atoms with Crippen molar-refractivity contribution >= 4 is 40.5 Å². The maximum Gasteiger partial charge on any atom is 0.353 e. The number of aromatic nitrogens is 1. The number of fused-ring (bicyclic) bond motifs is 1. The van der Waals surface area contributed by atoms with Crippen LogP contribution in [0.3, 0.4) is 0 Å². The van der Waals surface area contributed by atoms with E-state index in [2.05, 4.69) is 5.16 Å². The number of nitrogens with two attached hydrogens (primary N) is 1. The van der Waals surface area contributed by atoms with Crippen LogP contribution >= 0.6 is 23.5 Å². The molecule has 122 valence electrons. The van der Waals surface area contributed by atoms with Crippen LogP contribution in [0.2, 0.25) is 0 Å². The summed E-state index contributed by atoms with van der Waals surface area (Å²) in [7, 11) is 0. The molecule has 10 heteroatoms. The van der Waals surface area contributed by atoms with E-state index >= 15 is 0 Å². The molecular formula is C13H13N3O5S2. The zero-order chi connectivity index (χ0) is 16.9. The first-order valence-corrected chi connectivity index (χ1v) is 8.44. The van der Waals surface area contributed by atoms with Crippen molar-refractivity contribution in [3.63, 3.8) is 0 Å². The molecule has 3 atom stereocenters. The molecule has 2 aliphatic rings. The van der Waals surface area contributed by atoms with Crippen molar-refractivity contribution in [3.05, 3.63) is 28.1 Å². The zero-order valence-electron chi connectivity index (χ0n) is 12.2. The fraction of sp³-hybridized carbons (Fsp3) is 0.385. The first kappa shape index (κ1) is 16.1. The van der Waals surface area contributed by atoms with Gasteiger partial charge in [-0.2, -0.15) is 0 Å². The normalized spacial score (nSPS) is 26.8. The zero-order valence-corrected chi connectivity index (χ0v) is 13.8. The van der Waals surface area contributed by atoms with Crippen molar-refractivity contribution in [2.75, 3.05) is 0 Å². The van der Waals surface area contributed by atoms with Crippen molar-refractivity contribution in [2.45, 2.75) is 30.5 Å². The summed E-state index contributed by atoms with van der Waals surface area (Å²) in [6, 6.07) is 0.765. The number of carbonyl (C=O) groups excluding carboxylic acids is 2. The summed E-state index contributed by atoms with van der Waals surface area (Å²) in [5.41, 5.74) is 6.09. The number of β-lactam (4-membered cyclic amide) rings is 1.